The van der Waals surface area contributed by atoms with E-state index in [4.69, 9.17) is 14.4 Å². The molecular formula is C42H23N3O. The van der Waals surface area contributed by atoms with Gasteiger partial charge < -0.3 is 4.42 Å². The lowest BCUT2D eigenvalue weighted by atomic mass is 9.96. The molecule has 0 aliphatic heterocycles. The van der Waals surface area contributed by atoms with E-state index in [0.29, 0.717) is 5.71 Å². The van der Waals surface area contributed by atoms with E-state index >= 15 is 0 Å². The second-order valence-electron chi connectivity index (χ2n) is 12.2. The lowest BCUT2D eigenvalue weighted by molar-refractivity contribution is 0.652. The van der Waals surface area contributed by atoms with Crippen LogP contribution in [0.5, 0.6) is 0 Å². The summed E-state index contributed by atoms with van der Waals surface area (Å²) in [5.41, 5.74) is 11.2. The fourth-order valence-electron chi connectivity index (χ4n) is 7.75. The van der Waals surface area contributed by atoms with Gasteiger partial charge in [0.25, 0.3) is 0 Å². The highest BCUT2D eigenvalue weighted by atomic mass is 16.3. The first-order valence-corrected chi connectivity index (χ1v) is 15.6. The van der Waals surface area contributed by atoms with E-state index < -0.39 is 0 Å². The van der Waals surface area contributed by atoms with Gasteiger partial charge in [-0.15, -0.1) is 0 Å². The molecule has 3 heterocycles. The Morgan fingerprint density at radius 2 is 1.11 bits per heavy atom. The van der Waals surface area contributed by atoms with Gasteiger partial charge in [-0.05, 0) is 74.1 Å². The van der Waals surface area contributed by atoms with Crippen molar-refractivity contribution >= 4 is 65.6 Å². The van der Waals surface area contributed by atoms with Crippen LogP contribution in [0.4, 0.5) is 0 Å². The van der Waals surface area contributed by atoms with Crippen molar-refractivity contribution in [2.75, 3.05) is 0 Å². The molecule has 11 rings (SSSR count). The maximum absolute atomic E-state index is 6.37. The average Bonchev–Trinajstić information content (AvgIpc) is 3.75. The van der Waals surface area contributed by atoms with E-state index in [0.717, 1.165) is 44.6 Å². The molecule has 1 aliphatic carbocycles. The Morgan fingerprint density at radius 1 is 0.457 bits per heavy atom. The van der Waals surface area contributed by atoms with Crippen LogP contribution in [0.1, 0.15) is 0 Å². The fraction of sp³-hybridized carbons (Fsp3) is 0. The quantitative estimate of drug-likeness (QED) is 0.203. The molecule has 0 saturated heterocycles. The van der Waals surface area contributed by atoms with Crippen LogP contribution >= 0.6 is 0 Å². The van der Waals surface area contributed by atoms with E-state index in [9.17, 15) is 0 Å². The lowest BCUT2D eigenvalue weighted by Gasteiger charge is -2.15. The zero-order valence-corrected chi connectivity index (χ0v) is 24.5. The van der Waals surface area contributed by atoms with Gasteiger partial charge in [-0.3, -0.25) is 4.57 Å². The summed E-state index contributed by atoms with van der Waals surface area (Å²) in [7, 11) is 0. The Kier molecular flexibility index (Phi) is 4.55. The summed E-state index contributed by atoms with van der Waals surface area (Å²) < 4.78 is 8.65. The van der Waals surface area contributed by atoms with E-state index in [1.165, 1.54) is 54.6 Å². The fourth-order valence-corrected chi connectivity index (χ4v) is 7.75. The van der Waals surface area contributed by atoms with Crippen molar-refractivity contribution in [1.82, 2.24) is 14.5 Å². The summed E-state index contributed by atoms with van der Waals surface area (Å²) >= 11 is 0. The number of fused-ring (bicyclic) bond motifs is 10. The largest absolute Gasteiger partial charge is 0.436 e. The molecule has 0 atom stereocenters. The molecule has 0 amide bonds. The minimum absolute atomic E-state index is 0.532. The molecule has 46 heavy (non-hydrogen) atoms. The highest BCUT2D eigenvalue weighted by Gasteiger charge is 2.26. The summed E-state index contributed by atoms with van der Waals surface area (Å²) in [5.74, 6) is 0.754. The first-order chi connectivity index (χ1) is 22.8. The summed E-state index contributed by atoms with van der Waals surface area (Å²) in [5, 5.41) is 8.15. The van der Waals surface area contributed by atoms with Gasteiger partial charge in [0.2, 0.25) is 5.71 Å². The Balaban J connectivity index is 1.31. The van der Waals surface area contributed by atoms with Crippen molar-refractivity contribution in [3.05, 3.63) is 140 Å². The van der Waals surface area contributed by atoms with Crippen molar-refractivity contribution in [2.24, 2.45) is 0 Å². The molecule has 0 radical (unpaired) electrons. The number of furan rings is 1. The van der Waals surface area contributed by atoms with Crippen LogP contribution in [-0.2, 0) is 0 Å². The van der Waals surface area contributed by atoms with Crippen LogP contribution in [0.2, 0.25) is 0 Å². The third kappa shape index (κ3) is 3.07. The molecule has 1 aliphatic rings. The number of para-hydroxylation sites is 2. The number of benzene rings is 7. The van der Waals surface area contributed by atoms with Gasteiger partial charge in [-0.2, -0.15) is 4.98 Å². The standard InChI is InChI=1S/C42H23N3O/c1-2-11-25-23-36-34(22-24(25)10-1)28-14-5-7-18-35(28)45(36)41-39(43-40-33-15-6-8-19-37(33)46-42(40)44-41)32-21-20-31-27-13-4-3-12-26(27)29-16-9-17-30(32)38(29)31/h1-23H. The van der Waals surface area contributed by atoms with Crippen molar-refractivity contribution in [1.29, 1.82) is 0 Å². The highest BCUT2D eigenvalue weighted by molar-refractivity contribution is 6.19. The van der Waals surface area contributed by atoms with Crippen LogP contribution in [0, 0.1) is 0 Å². The van der Waals surface area contributed by atoms with Crippen molar-refractivity contribution in [3.63, 3.8) is 0 Å². The summed E-state index contributed by atoms with van der Waals surface area (Å²) in [6, 6.07) is 49.6. The van der Waals surface area contributed by atoms with Crippen LogP contribution in [0.3, 0.4) is 0 Å². The second kappa shape index (κ2) is 8.68. The average molecular weight is 586 g/mol. The van der Waals surface area contributed by atoms with E-state index in [-0.39, 0.29) is 0 Å². The minimum Gasteiger partial charge on any atom is -0.436 e. The van der Waals surface area contributed by atoms with Gasteiger partial charge in [0, 0.05) is 21.7 Å². The van der Waals surface area contributed by atoms with Gasteiger partial charge in [0.1, 0.15) is 16.8 Å². The van der Waals surface area contributed by atoms with Crippen LogP contribution in [0.25, 0.3) is 105 Å². The van der Waals surface area contributed by atoms with Gasteiger partial charge in [0.05, 0.1) is 11.0 Å². The molecule has 212 valence electrons. The van der Waals surface area contributed by atoms with E-state index in [1.807, 2.05) is 18.2 Å². The normalized spacial score (nSPS) is 12.3. The molecule has 4 nitrogen and oxygen atoms in total. The Bertz CT molecular complexity index is 2900. The minimum atomic E-state index is 0.532. The van der Waals surface area contributed by atoms with Crippen LogP contribution in [-0.4, -0.2) is 14.5 Å². The van der Waals surface area contributed by atoms with Crippen molar-refractivity contribution in [3.8, 4) is 39.3 Å². The van der Waals surface area contributed by atoms with E-state index in [1.54, 1.807) is 0 Å². The van der Waals surface area contributed by atoms with Crippen molar-refractivity contribution in [2.45, 2.75) is 0 Å². The van der Waals surface area contributed by atoms with Crippen molar-refractivity contribution < 1.29 is 4.42 Å². The highest BCUT2D eigenvalue weighted by Crippen LogP contribution is 2.50. The first kappa shape index (κ1) is 24.1. The molecule has 0 fully saturated rings. The molecule has 4 heteroatoms. The molecule has 7 aromatic carbocycles. The first-order valence-electron chi connectivity index (χ1n) is 15.6. The molecule has 0 N–H and O–H groups in total. The topological polar surface area (TPSA) is 43.9 Å². The third-order valence-electron chi connectivity index (χ3n) is 9.75. The monoisotopic (exact) mass is 585 g/mol. The second-order valence-corrected chi connectivity index (χ2v) is 12.2. The van der Waals surface area contributed by atoms with Gasteiger partial charge in [-0.1, -0.05) is 109 Å². The Labute approximate surface area is 262 Å². The molecule has 0 unspecified atom stereocenters. The molecule has 0 spiro atoms. The van der Waals surface area contributed by atoms with Crippen LogP contribution < -0.4 is 0 Å². The maximum Gasteiger partial charge on any atom is 0.248 e. The zero-order chi connectivity index (χ0) is 29.9. The van der Waals surface area contributed by atoms with Gasteiger partial charge in [-0.25, -0.2) is 4.98 Å². The Morgan fingerprint density at radius 3 is 1.98 bits per heavy atom. The van der Waals surface area contributed by atoms with Crippen LogP contribution in [0.15, 0.2) is 144 Å². The number of rotatable bonds is 2. The van der Waals surface area contributed by atoms with Gasteiger partial charge >= 0.3 is 0 Å². The smallest absolute Gasteiger partial charge is 0.248 e. The SMILES string of the molecule is c1ccc2c(c1)-c1cccc3c(-c4nc5c(nc4-n4c6ccccc6c6cc7ccccc7cc64)oc4ccccc45)ccc-2c13. The molecular weight excluding hydrogens is 562 g/mol. The number of hydrogen-bond donors (Lipinski definition) is 0. The molecule has 0 saturated carbocycles. The zero-order valence-electron chi connectivity index (χ0n) is 24.5. The Hall–Kier alpha value is -6.26. The number of hydrogen-bond acceptors (Lipinski definition) is 3. The number of nitrogens with zero attached hydrogens (tertiary/aromatic N) is 3. The summed E-state index contributed by atoms with van der Waals surface area (Å²) in [4.78, 5) is 10.8. The summed E-state index contributed by atoms with van der Waals surface area (Å²) in [6.07, 6.45) is 0. The molecule has 3 aromatic heterocycles. The van der Waals surface area contributed by atoms with Gasteiger partial charge in [0.15, 0.2) is 5.82 Å². The molecule has 0 bridgehead atoms. The summed E-state index contributed by atoms with van der Waals surface area (Å²) in [6.45, 7) is 0. The number of aromatic nitrogens is 3. The third-order valence-corrected chi connectivity index (χ3v) is 9.75. The maximum atomic E-state index is 6.37. The predicted molar refractivity (Wildman–Crippen MR) is 189 cm³/mol. The lowest BCUT2D eigenvalue weighted by Crippen LogP contribution is -2.03. The van der Waals surface area contributed by atoms with E-state index in [2.05, 4.69) is 126 Å². The molecule has 10 aromatic rings. The predicted octanol–water partition coefficient (Wildman–Crippen LogP) is 11.1.